The Morgan fingerprint density at radius 3 is 2.70 bits per heavy atom. The summed E-state index contributed by atoms with van der Waals surface area (Å²) in [4.78, 5) is 17.8. The fourth-order valence-electron chi connectivity index (χ4n) is 3.37. The van der Waals surface area contributed by atoms with Gasteiger partial charge < -0.3 is 24.2 Å². The molecular formula is C20H25N4O3+. The van der Waals surface area contributed by atoms with Crippen molar-refractivity contribution in [3.8, 4) is 11.8 Å². The van der Waals surface area contributed by atoms with Gasteiger partial charge in [0.25, 0.3) is 5.91 Å². The number of aromatic hydroxyl groups is 1. The van der Waals surface area contributed by atoms with Crippen molar-refractivity contribution in [3.63, 3.8) is 0 Å². The SMILES string of the molecule is N#CCCN(Cc1ccco1)C(=O)C[NH+]1CCN(c2ccccc2O)CC1. The molecule has 1 aromatic heterocycles. The first kappa shape index (κ1) is 18.8. The number of amides is 1. The van der Waals surface area contributed by atoms with E-state index >= 15 is 0 Å². The first-order valence-electron chi connectivity index (χ1n) is 9.21. The number of benzene rings is 1. The molecule has 27 heavy (non-hydrogen) atoms. The Hall–Kier alpha value is -2.98. The van der Waals surface area contributed by atoms with Crippen molar-refractivity contribution in [2.45, 2.75) is 13.0 Å². The van der Waals surface area contributed by atoms with E-state index in [0.717, 1.165) is 37.6 Å². The fourth-order valence-corrected chi connectivity index (χ4v) is 3.37. The molecule has 2 aromatic rings. The van der Waals surface area contributed by atoms with E-state index in [1.54, 1.807) is 23.3 Å². The van der Waals surface area contributed by atoms with E-state index in [-0.39, 0.29) is 11.7 Å². The van der Waals surface area contributed by atoms with Gasteiger partial charge in [0.2, 0.25) is 0 Å². The van der Waals surface area contributed by atoms with Crippen molar-refractivity contribution < 1.29 is 19.2 Å². The number of carbonyl (C=O) groups excluding carboxylic acids is 1. The van der Waals surface area contributed by atoms with Gasteiger partial charge in [0.05, 0.1) is 57.2 Å². The molecule has 0 spiro atoms. The number of quaternary nitrogens is 1. The van der Waals surface area contributed by atoms with Crippen LogP contribution in [0.3, 0.4) is 0 Å². The van der Waals surface area contributed by atoms with Gasteiger partial charge in [-0.2, -0.15) is 5.26 Å². The van der Waals surface area contributed by atoms with E-state index in [2.05, 4.69) is 11.0 Å². The van der Waals surface area contributed by atoms with Gasteiger partial charge in [0.15, 0.2) is 6.54 Å². The van der Waals surface area contributed by atoms with Crippen molar-refractivity contribution in [3.05, 3.63) is 48.4 Å². The highest BCUT2D eigenvalue weighted by molar-refractivity contribution is 5.77. The molecule has 1 fully saturated rings. The van der Waals surface area contributed by atoms with Crippen LogP contribution in [0.1, 0.15) is 12.2 Å². The first-order valence-corrected chi connectivity index (χ1v) is 9.21. The highest BCUT2D eigenvalue weighted by Gasteiger charge is 2.26. The molecule has 142 valence electrons. The van der Waals surface area contributed by atoms with Crippen LogP contribution in [0.25, 0.3) is 0 Å². The van der Waals surface area contributed by atoms with E-state index < -0.39 is 0 Å². The number of phenols is 1. The number of nitriles is 1. The fraction of sp³-hybridized carbons (Fsp3) is 0.400. The van der Waals surface area contributed by atoms with E-state index in [4.69, 9.17) is 9.68 Å². The molecule has 1 aromatic carbocycles. The number of para-hydroxylation sites is 2. The molecule has 0 atom stereocenters. The molecule has 0 bridgehead atoms. The standard InChI is InChI=1S/C20H24N4O3/c21-8-4-9-24(15-17-5-3-14-27-17)20(26)16-22-10-12-23(13-11-22)18-6-1-2-7-19(18)25/h1-3,5-7,14,25H,4,9-13,15-16H2/p+1. The minimum Gasteiger partial charge on any atom is -0.506 e. The Labute approximate surface area is 159 Å². The summed E-state index contributed by atoms with van der Waals surface area (Å²) < 4.78 is 5.34. The van der Waals surface area contributed by atoms with Crippen LogP contribution in [0.4, 0.5) is 5.69 Å². The topological polar surface area (TPSA) is 85.2 Å². The normalized spacial score (nSPS) is 14.7. The van der Waals surface area contributed by atoms with Crippen molar-refractivity contribution in [2.75, 3.05) is 44.2 Å². The van der Waals surface area contributed by atoms with Crippen LogP contribution in [0.5, 0.6) is 5.75 Å². The third-order valence-corrected chi connectivity index (χ3v) is 4.87. The maximum absolute atomic E-state index is 12.7. The maximum Gasteiger partial charge on any atom is 0.278 e. The Kier molecular flexibility index (Phi) is 6.34. The number of hydrogen-bond donors (Lipinski definition) is 2. The smallest absolute Gasteiger partial charge is 0.278 e. The average Bonchev–Trinajstić information content (AvgIpc) is 3.19. The highest BCUT2D eigenvalue weighted by atomic mass is 16.3. The van der Waals surface area contributed by atoms with Crippen LogP contribution < -0.4 is 9.80 Å². The molecule has 2 heterocycles. The van der Waals surface area contributed by atoms with Gasteiger partial charge in [-0.05, 0) is 24.3 Å². The van der Waals surface area contributed by atoms with Crippen molar-refractivity contribution >= 4 is 11.6 Å². The van der Waals surface area contributed by atoms with E-state index in [0.29, 0.717) is 26.1 Å². The highest BCUT2D eigenvalue weighted by Crippen LogP contribution is 2.25. The van der Waals surface area contributed by atoms with Crippen molar-refractivity contribution in [1.29, 1.82) is 5.26 Å². The molecule has 0 unspecified atom stereocenters. The number of carbonyl (C=O) groups is 1. The predicted octanol–water partition coefficient (Wildman–Crippen LogP) is 0.633. The quantitative estimate of drug-likeness (QED) is 0.748. The number of hydrogen-bond acceptors (Lipinski definition) is 5. The third-order valence-electron chi connectivity index (χ3n) is 4.87. The molecule has 1 saturated heterocycles. The summed E-state index contributed by atoms with van der Waals surface area (Å²) in [6, 6.07) is 13.1. The monoisotopic (exact) mass is 369 g/mol. The summed E-state index contributed by atoms with van der Waals surface area (Å²) in [5, 5.41) is 18.9. The lowest BCUT2D eigenvalue weighted by atomic mass is 10.2. The number of furan rings is 1. The number of nitrogens with one attached hydrogen (secondary N) is 1. The number of piperazine rings is 1. The second kappa shape index (κ2) is 9.10. The lowest BCUT2D eigenvalue weighted by Crippen LogP contribution is -3.15. The van der Waals surface area contributed by atoms with E-state index in [1.165, 1.54) is 4.90 Å². The molecular weight excluding hydrogens is 344 g/mol. The van der Waals surface area contributed by atoms with Crippen LogP contribution in [0.15, 0.2) is 47.1 Å². The van der Waals surface area contributed by atoms with Gasteiger partial charge in [-0.15, -0.1) is 0 Å². The summed E-state index contributed by atoms with van der Waals surface area (Å²) >= 11 is 0. The second-order valence-corrected chi connectivity index (χ2v) is 6.71. The van der Waals surface area contributed by atoms with Crippen LogP contribution >= 0.6 is 0 Å². The summed E-state index contributed by atoms with van der Waals surface area (Å²) in [5.74, 6) is 1.05. The summed E-state index contributed by atoms with van der Waals surface area (Å²) in [6.07, 6.45) is 1.90. The molecule has 7 nitrogen and oxygen atoms in total. The molecule has 2 N–H and O–H groups in total. The zero-order valence-electron chi connectivity index (χ0n) is 15.3. The Bertz CT molecular complexity index is 777. The van der Waals surface area contributed by atoms with E-state index in [9.17, 15) is 9.90 Å². The number of nitrogens with zero attached hydrogens (tertiary/aromatic N) is 3. The Morgan fingerprint density at radius 1 is 1.26 bits per heavy atom. The van der Waals surface area contributed by atoms with Crippen molar-refractivity contribution in [2.24, 2.45) is 0 Å². The predicted molar refractivity (Wildman–Crippen MR) is 100 cm³/mol. The van der Waals surface area contributed by atoms with Gasteiger partial charge in [0, 0.05) is 6.54 Å². The lowest BCUT2D eigenvalue weighted by molar-refractivity contribution is -0.892. The maximum atomic E-state index is 12.7. The third kappa shape index (κ3) is 5.02. The molecule has 1 aliphatic rings. The summed E-state index contributed by atoms with van der Waals surface area (Å²) in [7, 11) is 0. The Morgan fingerprint density at radius 2 is 2.04 bits per heavy atom. The largest absolute Gasteiger partial charge is 0.506 e. The molecule has 1 aliphatic heterocycles. The number of rotatable bonds is 7. The van der Waals surface area contributed by atoms with Crippen molar-refractivity contribution in [1.82, 2.24) is 4.90 Å². The molecule has 3 rings (SSSR count). The number of phenolic OH excluding ortho intramolecular Hbond substituents is 1. The van der Waals surface area contributed by atoms with Crippen LogP contribution in [0.2, 0.25) is 0 Å². The van der Waals surface area contributed by atoms with Crippen LogP contribution in [-0.2, 0) is 11.3 Å². The minimum atomic E-state index is 0.0349. The van der Waals surface area contributed by atoms with Gasteiger partial charge in [-0.25, -0.2) is 0 Å². The van der Waals surface area contributed by atoms with Gasteiger partial charge in [0.1, 0.15) is 11.5 Å². The van der Waals surface area contributed by atoms with Gasteiger partial charge in [-0.3, -0.25) is 4.79 Å². The molecule has 0 radical (unpaired) electrons. The summed E-state index contributed by atoms with van der Waals surface area (Å²) in [6.45, 7) is 4.44. The van der Waals surface area contributed by atoms with Gasteiger partial charge >= 0.3 is 0 Å². The van der Waals surface area contributed by atoms with Gasteiger partial charge in [-0.1, -0.05) is 12.1 Å². The average molecular weight is 369 g/mol. The molecule has 7 heteroatoms. The zero-order valence-corrected chi connectivity index (χ0v) is 15.3. The summed E-state index contributed by atoms with van der Waals surface area (Å²) in [5.41, 5.74) is 0.844. The zero-order chi connectivity index (χ0) is 19.1. The molecule has 0 saturated carbocycles. The molecule has 0 aliphatic carbocycles. The first-order chi connectivity index (χ1) is 13.2. The van der Waals surface area contributed by atoms with E-state index in [1.807, 2.05) is 24.3 Å². The minimum absolute atomic E-state index is 0.0349. The van der Waals surface area contributed by atoms with Crippen LogP contribution in [-0.4, -0.2) is 55.2 Å². The molecule has 1 amide bonds. The lowest BCUT2D eigenvalue weighted by Gasteiger charge is -2.34. The second-order valence-electron chi connectivity index (χ2n) is 6.71. The number of anilines is 1. The van der Waals surface area contributed by atoms with Crippen LogP contribution in [0, 0.1) is 11.3 Å². The Balaban J connectivity index is 1.54.